The Morgan fingerprint density at radius 2 is 1.93 bits per heavy atom. The summed E-state index contributed by atoms with van der Waals surface area (Å²) >= 11 is 0. The molecule has 2 aromatic rings. The molecular formula is C17H15F5N4O2. The highest BCUT2D eigenvalue weighted by Crippen LogP contribution is 2.41. The first-order chi connectivity index (χ1) is 13.0. The van der Waals surface area contributed by atoms with Gasteiger partial charge in [0.15, 0.2) is 0 Å². The Morgan fingerprint density at radius 1 is 1.25 bits per heavy atom. The van der Waals surface area contributed by atoms with Crippen LogP contribution in [0, 0.1) is 17.6 Å². The van der Waals surface area contributed by atoms with Gasteiger partial charge in [-0.1, -0.05) is 0 Å². The number of likely N-dealkylation sites (N-methyl/N-ethyl adjacent to an activating group) is 1. The molecule has 2 atom stereocenters. The van der Waals surface area contributed by atoms with Crippen LogP contribution in [0.3, 0.4) is 0 Å². The van der Waals surface area contributed by atoms with Gasteiger partial charge in [-0.15, -0.1) is 0 Å². The average Bonchev–Trinajstić information content (AvgIpc) is 3.10. The number of aryl methyl sites for hydroxylation is 1. The van der Waals surface area contributed by atoms with Gasteiger partial charge in [0.1, 0.15) is 23.2 Å². The molecule has 0 unspecified atom stereocenters. The van der Waals surface area contributed by atoms with E-state index in [1.807, 2.05) is 0 Å². The summed E-state index contributed by atoms with van der Waals surface area (Å²) in [4.78, 5) is 26.2. The van der Waals surface area contributed by atoms with Gasteiger partial charge in [-0.2, -0.15) is 18.3 Å². The van der Waals surface area contributed by atoms with Crippen LogP contribution in [0.1, 0.15) is 17.2 Å². The highest BCUT2D eigenvalue weighted by atomic mass is 19.4. The van der Waals surface area contributed by atoms with Crippen molar-refractivity contribution in [3.63, 3.8) is 0 Å². The molecule has 11 heteroatoms. The summed E-state index contributed by atoms with van der Waals surface area (Å²) in [5.74, 6) is -6.27. The van der Waals surface area contributed by atoms with Crippen LogP contribution < -0.4 is 5.32 Å². The summed E-state index contributed by atoms with van der Waals surface area (Å²) in [6.45, 7) is -0.141. The minimum absolute atomic E-state index is 0.141. The number of halogens is 5. The molecule has 2 amide bonds. The molecule has 1 N–H and O–H groups in total. The van der Waals surface area contributed by atoms with Crippen molar-refractivity contribution in [2.45, 2.75) is 12.1 Å². The van der Waals surface area contributed by atoms with Gasteiger partial charge in [0.2, 0.25) is 11.8 Å². The van der Waals surface area contributed by atoms with Crippen molar-refractivity contribution in [1.82, 2.24) is 14.7 Å². The number of carbonyl (C=O) groups excluding carboxylic acids is 2. The van der Waals surface area contributed by atoms with Gasteiger partial charge in [-0.25, -0.2) is 8.78 Å². The van der Waals surface area contributed by atoms with Crippen molar-refractivity contribution in [2.75, 3.05) is 18.9 Å². The summed E-state index contributed by atoms with van der Waals surface area (Å²) in [5.41, 5.74) is -1.74. The molecule has 1 aliphatic rings. The Bertz CT molecular complexity index is 940. The van der Waals surface area contributed by atoms with Crippen LogP contribution in [0.15, 0.2) is 24.4 Å². The lowest BCUT2D eigenvalue weighted by Crippen LogP contribution is -2.33. The third-order valence-electron chi connectivity index (χ3n) is 4.62. The number of hydrogen-bond donors (Lipinski definition) is 1. The Kier molecular flexibility index (Phi) is 4.86. The molecule has 3 rings (SSSR count). The van der Waals surface area contributed by atoms with E-state index in [2.05, 4.69) is 10.4 Å². The summed E-state index contributed by atoms with van der Waals surface area (Å²) in [6.07, 6.45) is -3.77. The Hall–Kier alpha value is -2.98. The Labute approximate surface area is 155 Å². The van der Waals surface area contributed by atoms with Gasteiger partial charge in [0, 0.05) is 38.2 Å². The predicted molar refractivity (Wildman–Crippen MR) is 87.1 cm³/mol. The van der Waals surface area contributed by atoms with Crippen molar-refractivity contribution in [3.05, 3.63) is 47.3 Å². The zero-order valence-corrected chi connectivity index (χ0v) is 14.7. The van der Waals surface area contributed by atoms with Crippen molar-refractivity contribution in [1.29, 1.82) is 0 Å². The molecule has 1 saturated heterocycles. The molecule has 0 bridgehead atoms. The number of amides is 2. The molecule has 1 aliphatic heterocycles. The van der Waals surface area contributed by atoms with Gasteiger partial charge in [-0.05, 0) is 12.1 Å². The number of nitrogens with one attached hydrogen (secondary N) is 1. The molecule has 0 aliphatic carbocycles. The molecule has 1 aromatic carbocycles. The van der Waals surface area contributed by atoms with Gasteiger partial charge >= 0.3 is 6.18 Å². The van der Waals surface area contributed by atoms with E-state index < -0.39 is 47.2 Å². The fourth-order valence-corrected chi connectivity index (χ4v) is 3.35. The molecule has 1 fully saturated rings. The third kappa shape index (κ3) is 3.43. The first kappa shape index (κ1) is 19.8. The summed E-state index contributed by atoms with van der Waals surface area (Å²) in [5, 5.41) is 5.77. The SMILES string of the molecule is CN1C[C@H](c2cnn(C)c2C(F)(F)F)[C@@H](C(=O)Nc2ccc(F)cc2F)C1=O. The topological polar surface area (TPSA) is 67.2 Å². The van der Waals surface area contributed by atoms with Crippen LogP contribution in [-0.4, -0.2) is 40.1 Å². The number of nitrogens with zero attached hydrogens (tertiary/aromatic N) is 3. The Balaban J connectivity index is 1.97. The fraction of sp³-hybridized carbons (Fsp3) is 0.353. The molecule has 28 heavy (non-hydrogen) atoms. The van der Waals surface area contributed by atoms with Gasteiger partial charge < -0.3 is 10.2 Å². The van der Waals surface area contributed by atoms with Crippen LogP contribution in [0.2, 0.25) is 0 Å². The first-order valence-corrected chi connectivity index (χ1v) is 8.10. The lowest BCUT2D eigenvalue weighted by atomic mass is 9.87. The van der Waals surface area contributed by atoms with Crippen LogP contribution >= 0.6 is 0 Å². The van der Waals surface area contributed by atoms with E-state index in [0.717, 1.165) is 30.3 Å². The number of rotatable bonds is 3. The molecule has 0 saturated carbocycles. The second-order valence-electron chi connectivity index (χ2n) is 6.49. The zero-order chi connectivity index (χ0) is 20.8. The number of hydrogen-bond acceptors (Lipinski definition) is 3. The molecule has 2 heterocycles. The van der Waals surface area contributed by atoms with Crippen LogP contribution in [-0.2, 0) is 22.8 Å². The number of aromatic nitrogens is 2. The second-order valence-corrected chi connectivity index (χ2v) is 6.49. The lowest BCUT2D eigenvalue weighted by Gasteiger charge is -2.18. The largest absolute Gasteiger partial charge is 0.433 e. The molecule has 0 spiro atoms. The zero-order valence-electron chi connectivity index (χ0n) is 14.7. The maximum Gasteiger partial charge on any atom is 0.433 e. The number of likely N-dealkylation sites (tertiary alicyclic amines) is 1. The normalized spacial score (nSPS) is 20.0. The summed E-state index contributed by atoms with van der Waals surface area (Å²) in [6, 6.07) is 2.41. The number of anilines is 1. The third-order valence-corrected chi connectivity index (χ3v) is 4.62. The van der Waals surface area contributed by atoms with E-state index in [4.69, 9.17) is 0 Å². The quantitative estimate of drug-likeness (QED) is 0.634. The van der Waals surface area contributed by atoms with Crippen molar-refractivity contribution in [2.24, 2.45) is 13.0 Å². The maximum absolute atomic E-state index is 13.8. The number of carbonyl (C=O) groups is 2. The monoisotopic (exact) mass is 402 g/mol. The van der Waals surface area contributed by atoms with Gasteiger partial charge in [0.25, 0.3) is 0 Å². The lowest BCUT2D eigenvalue weighted by molar-refractivity contribution is -0.145. The van der Waals surface area contributed by atoms with Crippen LogP contribution in [0.4, 0.5) is 27.6 Å². The van der Waals surface area contributed by atoms with Gasteiger partial charge in [0.05, 0.1) is 11.9 Å². The summed E-state index contributed by atoms with van der Waals surface area (Å²) in [7, 11) is 2.46. The first-order valence-electron chi connectivity index (χ1n) is 8.10. The number of benzene rings is 1. The number of alkyl halides is 3. The minimum atomic E-state index is -4.74. The van der Waals surface area contributed by atoms with Crippen molar-refractivity contribution < 1.29 is 31.5 Å². The maximum atomic E-state index is 13.8. The van der Waals surface area contributed by atoms with E-state index in [1.54, 1.807) is 0 Å². The molecular weight excluding hydrogens is 387 g/mol. The van der Waals surface area contributed by atoms with Gasteiger partial charge in [-0.3, -0.25) is 14.3 Å². The van der Waals surface area contributed by atoms with E-state index in [9.17, 15) is 31.5 Å². The smallest absolute Gasteiger partial charge is 0.344 e. The molecule has 0 radical (unpaired) electrons. The van der Waals surface area contributed by atoms with Crippen molar-refractivity contribution in [3.8, 4) is 0 Å². The van der Waals surface area contributed by atoms with E-state index in [-0.39, 0.29) is 17.8 Å². The second kappa shape index (κ2) is 6.88. The predicted octanol–water partition coefficient (Wildman–Crippen LogP) is 2.53. The summed E-state index contributed by atoms with van der Waals surface area (Å²) < 4.78 is 67.7. The van der Waals surface area contributed by atoms with E-state index in [1.165, 1.54) is 7.05 Å². The highest BCUT2D eigenvalue weighted by Gasteiger charge is 2.49. The van der Waals surface area contributed by atoms with E-state index in [0.29, 0.717) is 10.7 Å². The fourth-order valence-electron chi connectivity index (χ4n) is 3.35. The van der Waals surface area contributed by atoms with Crippen LogP contribution in [0.25, 0.3) is 0 Å². The minimum Gasteiger partial charge on any atom is -0.344 e. The molecule has 6 nitrogen and oxygen atoms in total. The highest BCUT2D eigenvalue weighted by molar-refractivity contribution is 6.08. The van der Waals surface area contributed by atoms with Crippen molar-refractivity contribution >= 4 is 17.5 Å². The van der Waals surface area contributed by atoms with E-state index >= 15 is 0 Å². The standard InChI is InChI=1S/C17H15F5N4O2/c1-25-7-10(9-6-23-26(2)14(9)17(20,21)22)13(16(25)28)15(27)24-12-4-3-8(18)5-11(12)19/h3-6,10,13H,7H2,1-2H3,(H,24,27)/t10-,13+/m1/s1. The average molecular weight is 402 g/mol. The molecule has 150 valence electrons. The molecule has 1 aromatic heterocycles. The Morgan fingerprint density at radius 3 is 2.54 bits per heavy atom. The van der Waals surface area contributed by atoms with Crippen LogP contribution in [0.5, 0.6) is 0 Å².